The van der Waals surface area contributed by atoms with Gasteiger partial charge in [0, 0.05) is 12.3 Å². The van der Waals surface area contributed by atoms with Gasteiger partial charge in [0.15, 0.2) is 5.60 Å². The number of hydrogen-bond donors (Lipinski definition) is 1. The highest BCUT2D eigenvalue weighted by atomic mass is 32.1. The average molecular weight is 331 g/mol. The lowest BCUT2D eigenvalue weighted by molar-refractivity contribution is -0.134. The minimum atomic E-state index is -1.25. The van der Waals surface area contributed by atoms with Crippen molar-refractivity contribution in [1.29, 1.82) is 0 Å². The van der Waals surface area contributed by atoms with Gasteiger partial charge in [-0.3, -0.25) is 10.1 Å². The van der Waals surface area contributed by atoms with Crippen LogP contribution in [0.4, 0.5) is 5.13 Å². The van der Waals surface area contributed by atoms with Gasteiger partial charge in [0.2, 0.25) is 5.13 Å². The Bertz CT molecular complexity index is 771. The van der Waals surface area contributed by atoms with Crippen molar-refractivity contribution >= 4 is 28.3 Å². The van der Waals surface area contributed by atoms with Crippen LogP contribution in [0.25, 0.3) is 0 Å². The summed E-state index contributed by atoms with van der Waals surface area (Å²) in [7, 11) is 0. The number of amides is 1. The summed E-state index contributed by atoms with van der Waals surface area (Å²) in [6, 6.07) is 7.16. The van der Waals surface area contributed by atoms with Gasteiger partial charge in [0.25, 0.3) is 5.91 Å². The Balaban J connectivity index is 1.80. The molecule has 2 heterocycles. The smallest absolute Gasteiger partial charge is 0.339 e. The van der Waals surface area contributed by atoms with Crippen molar-refractivity contribution < 1.29 is 14.3 Å². The van der Waals surface area contributed by atoms with E-state index in [1.807, 2.05) is 26.0 Å². The Kier molecular flexibility index (Phi) is 3.89. The molecule has 0 radical (unpaired) electrons. The fraction of sp³-hybridized carbons (Fsp3) is 0.375. The number of anilines is 1. The highest BCUT2D eigenvalue weighted by molar-refractivity contribution is 7.15. The molecule has 1 atom stereocenters. The first-order valence-corrected chi connectivity index (χ1v) is 8.17. The lowest BCUT2D eigenvalue weighted by Crippen LogP contribution is -2.48. The zero-order valence-electron chi connectivity index (χ0n) is 13.1. The molecule has 6 nitrogen and oxygen atoms in total. The highest BCUT2D eigenvalue weighted by Gasteiger charge is 2.42. The summed E-state index contributed by atoms with van der Waals surface area (Å²) >= 11 is 1.32. The molecule has 1 aliphatic rings. The number of carbonyl (C=O) groups is 2. The number of hydrogen-bond acceptors (Lipinski definition) is 6. The van der Waals surface area contributed by atoms with Gasteiger partial charge < -0.3 is 4.74 Å². The Morgan fingerprint density at radius 2 is 2.09 bits per heavy atom. The largest absolute Gasteiger partial charge is 0.445 e. The summed E-state index contributed by atoms with van der Waals surface area (Å²) < 4.78 is 5.39. The summed E-state index contributed by atoms with van der Waals surface area (Å²) in [5.41, 5.74) is 0.0621. The van der Waals surface area contributed by atoms with Crippen molar-refractivity contribution in [3.05, 3.63) is 40.4 Å². The van der Waals surface area contributed by atoms with E-state index in [0.717, 1.165) is 10.6 Å². The molecule has 7 heteroatoms. The van der Waals surface area contributed by atoms with E-state index < -0.39 is 17.5 Å². The van der Waals surface area contributed by atoms with Crippen molar-refractivity contribution in [2.75, 3.05) is 5.32 Å². The van der Waals surface area contributed by atoms with Gasteiger partial charge in [0.05, 0.1) is 5.56 Å². The van der Waals surface area contributed by atoms with Crippen molar-refractivity contribution in [3.63, 3.8) is 0 Å². The summed E-state index contributed by atoms with van der Waals surface area (Å²) in [5.74, 6) is -0.635. The van der Waals surface area contributed by atoms with Crippen LogP contribution in [-0.4, -0.2) is 27.7 Å². The predicted molar refractivity (Wildman–Crippen MR) is 86.6 cm³/mol. The third-order valence-electron chi connectivity index (χ3n) is 3.72. The molecule has 0 aliphatic carbocycles. The molecule has 0 saturated heterocycles. The minimum Gasteiger partial charge on any atom is -0.445 e. The number of nitrogens with one attached hydrogen (secondary N) is 1. The maximum absolute atomic E-state index is 12.6. The maximum atomic E-state index is 12.6. The van der Waals surface area contributed by atoms with Crippen molar-refractivity contribution in [3.8, 4) is 0 Å². The second-order valence-electron chi connectivity index (χ2n) is 6.01. The van der Waals surface area contributed by atoms with E-state index in [1.165, 1.54) is 11.3 Å². The second kappa shape index (κ2) is 5.73. The highest BCUT2D eigenvalue weighted by Crippen LogP contribution is 2.30. The molecule has 1 aliphatic heterocycles. The van der Waals surface area contributed by atoms with Crippen LogP contribution in [0.15, 0.2) is 24.3 Å². The number of benzene rings is 1. The maximum Gasteiger partial charge on any atom is 0.339 e. The van der Waals surface area contributed by atoms with Crippen LogP contribution in [0.2, 0.25) is 0 Å². The molecule has 0 spiro atoms. The molecule has 0 unspecified atom stereocenters. The minimum absolute atomic E-state index is 0.244. The number of cyclic esters (lactones) is 1. The van der Waals surface area contributed by atoms with E-state index in [2.05, 4.69) is 15.5 Å². The molecule has 1 aromatic heterocycles. The van der Waals surface area contributed by atoms with E-state index in [-0.39, 0.29) is 5.92 Å². The zero-order chi connectivity index (χ0) is 16.6. The lowest BCUT2D eigenvalue weighted by Gasteiger charge is -2.32. The third kappa shape index (κ3) is 2.96. The number of ether oxygens (including phenoxy) is 1. The van der Waals surface area contributed by atoms with Crippen LogP contribution in [-0.2, 0) is 16.0 Å². The van der Waals surface area contributed by atoms with Crippen molar-refractivity contribution in [2.24, 2.45) is 0 Å². The zero-order valence-corrected chi connectivity index (χ0v) is 13.9. The molecule has 0 fully saturated rings. The van der Waals surface area contributed by atoms with Crippen LogP contribution in [0.3, 0.4) is 0 Å². The Morgan fingerprint density at radius 1 is 1.35 bits per heavy atom. The summed E-state index contributed by atoms with van der Waals surface area (Å²) in [4.78, 5) is 24.7. The first kappa shape index (κ1) is 15.6. The number of rotatable bonds is 3. The summed E-state index contributed by atoms with van der Waals surface area (Å²) in [6.45, 7) is 5.63. The first-order chi connectivity index (χ1) is 10.9. The van der Waals surface area contributed by atoms with Gasteiger partial charge in [-0.25, -0.2) is 4.79 Å². The quantitative estimate of drug-likeness (QED) is 0.875. The molecular weight excluding hydrogens is 314 g/mol. The van der Waals surface area contributed by atoms with Gasteiger partial charge in [-0.1, -0.05) is 43.4 Å². The third-order valence-corrected chi connectivity index (χ3v) is 4.86. The van der Waals surface area contributed by atoms with Crippen molar-refractivity contribution in [1.82, 2.24) is 10.2 Å². The van der Waals surface area contributed by atoms with Gasteiger partial charge >= 0.3 is 5.97 Å². The summed E-state index contributed by atoms with van der Waals surface area (Å²) in [6.07, 6.45) is 0.330. The van der Waals surface area contributed by atoms with E-state index >= 15 is 0 Å². The molecule has 1 N–H and O–H groups in total. The van der Waals surface area contributed by atoms with Gasteiger partial charge in [-0.15, -0.1) is 10.2 Å². The van der Waals surface area contributed by atoms with Crippen molar-refractivity contribution in [2.45, 2.75) is 38.7 Å². The van der Waals surface area contributed by atoms with Crippen LogP contribution >= 0.6 is 11.3 Å². The second-order valence-corrected chi connectivity index (χ2v) is 7.02. The Hall–Kier alpha value is -2.28. The van der Waals surface area contributed by atoms with Crippen LogP contribution in [0, 0.1) is 0 Å². The molecule has 1 aromatic carbocycles. The molecular formula is C16H17N3O3S. The number of esters is 1. The Labute approximate surface area is 137 Å². The van der Waals surface area contributed by atoms with Gasteiger partial charge in [0.1, 0.15) is 5.01 Å². The van der Waals surface area contributed by atoms with E-state index in [0.29, 0.717) is 17.1 Å². The van der Waals surface area contributed by atoms with E-state index in [9.17, 15) is 9.59 Å². The van der Waals surface area contributed by atoms with Gasteiger partial charge in [-0.05, 0) is 18.6 Å². The van der Waals surface area contributed by atoms with E-state index in [4.69, 9.17) is 4.74 Å². The molecule has 3 rings (SSSR count). The number of aromatic nitrogens is 2. The van der Waals surface area contributed by atoms with Gasteiger partial charge in [-0.2, -0.15) is 0 Å². The molecule has 0 saturated carbocycles. The molecule has 23 heavy (non-hydrogen) atoms. The molecule has 2 aromatic rings. The molecule has 0 bridgehead atoms. The van der Waals surface area contributed by atoms with Crippen LogP contribution < -0.4 is 5.32 Å². The average Bonchev–Trinajstić information content (AvgIpc) is 2.96. The summed E-state index contributed by atoms with van der Waals surface area (Å²) in [5, 5.41) is 12.0. The normalized spacial score (nSPS) is 20.1. The monoisotopic (exact) mass is 331 g/mol. The molecule has 120 valence electrons. The first-order valence-electron chi connectivity index (χ1n) is 7.35. The van der Waals surface area contributed by atoms with E-state index in [1.54, 1.807) is 19.1 Å². The number of fused-ring (bicyclic) bond motifs is 1. The predicted octanol–water partition coefficient (Wildman–Crippen LogP) is 2.77. The number of nitrogens with zero attached hydrogens (tertiary/aromatic N) is 2. The van der Waals surface area contributed by atoms with Crippen LogP contribution in [0.1, 0.15) is 47.6 Å². The lowest BCUT2D eigenvalue weighted by atomic mass is 9.89. The topological polar surface area (TPSA) is 81.2 Å². The molecule has 1 amide bonds. The SMILES string of the molecule is CC(C)c1nnc(NC(=O)[C@]2(C)Cc3ccccc3C(=O)O2)s1. The standard InChI is InChI=1S/C16H17N3O3S/c1-9(2)12-18-19-15(23-12)17-14(21)16(3)8-10-6-4-5-7-11(10)13(20)22-16/h4-7,9H,8H2,1-3H3,(H,17,19,21)/t16-/m0/s1. The fourth-order valence-electron chi connectivity index (χ4n) is 2.41. The number of carbonyl (C=O) groups excluding carboxylic acids is 2. The Morgan fingerprint density at radius 3 is 2.78 bits per heavy atom. The fourth-order valence-corrected chi connectivity index (χ4v) is 3.15. The van der Waals surface area contributed by atoms with Crippen LogP contribution in [0.5, 0.6) is 0 Å².